The van der Waals surface area contributed by atoms with Crippen LogP contribution in [0.5, 0.6) is 11.8 Å². The zero-order chi connectivity index (χ0) is 45.6. The Morgan fingerprint density at radius 3 is 1.58 bits per heavy atom. The van der Waals surface area contributed by atoms with E-state index in [4.69, 9.17) is 18.9 Å². The number of carboxylic acid groups (broad SMARTS) is 1. The number of morpholine rings is 1. The Labute approximate surface area is 383 Å². The summed E-state index contributed by atoms with van der Waals surface area (Å²) in [7, 11) is 0. The number of carbonyl (C=O) groups is 2. The first-order valence-corrected chi connectivity index (χ1v) is 22.8. The predicted octanol–water partition coefficient (Wildman–Crippen LogP) is 6.24. The molecular formula is C51H59N5O10. The van der Waals surface area contributed by atoms with Crippen LogP contribution in [-0.4, -0.2) is 97.2 Å². The molecular weight excluding hydrogens is 843 g/mol. The highest BCUT2D eigenvalue weighted by Crippen LogP contribution is 2.28. The Morgan fingerprint density at radius 1 is 0.697 bits per heavy atom. The SMILES string of the molecule is CCn1cc(C(=O)N2CCO[C@H](C)C2)c(=O)c2cc(OC3Cc4ccccc4C3)ncc21.CCn1cc(C(=O)O)c(=O)c2cc(OC3Cc4ccccc4C3)ncc21.C[C@@H]1CCCCO1.O. The average Bonchev–Trinajstić information content (AvgIpc) is 3.93. The Kier molecular flexibility index (Phi) is 15.3. The van der Waals surface area contributed by atoms with Crippen molar-refractivity contribution in [1.29, 1.82) is 0 Å². The lowest BCUT2D eigenvalue weighted by Crippen LogP contribution is -2.45. The third kappa shape index (κ3) is 10.6. The van der Waals surface area contributed by atoms with Crippen molar-refractivity contribution in [3.8, 4) is 11.8 Å². The average molecular weight is 902 g/mol. The van der Waals surface area contributed by atoms with Gasteiger partial charge in [0, 0.05) is 83.0 Å². The molecule has 15 nitrogen and oxygen atoms in total. The van der Waals surface area contributed by atoms with Gasteiger partial charge < -0.3 is 43.6 Å². The summed E-state index contributed by atoms with van der Waals surface area (Å²) >= 11 is 0. The van der Waals surface area contributed by atoms with E-state index in [1.54, 1.807) is 40.2 Å². The number of carboxylic acids is 1. The summed E-state index contributed by atoms with van der Waals surface area (Å²) in [5.41, 5.74) is 5.55. The standard InChI is InChI=1S/C25H27N3O4.C20H18N2O4.C6H12O.H2O/c1-3-27-15-21(25(30)28-8-9-31-16(2)14-28)24(29)20-12-23(26-13-22(20)27)32-19-10-17-6-4-5-7-18(17)11-19;1-2-22-11-16(20(24)25)19(23)15-9-18(21-10-17(15)22)26-14-7-12-5-3-4-6-13(12)8-14;1-6-4-2-3-5-7-6;/h4-7,12-13,15-16,19H,3,8-11,14H2,1-2H3;3-6,9-11,14H,2,7-8H2,1H3,(H,24,25);6H,2-5H2,1H3;1H2/t16-;;6-;/m1.1./s1. The van der Waals surface area contributed by atoms with E-state index < -0.39 is 11.4 Å². The van der Waals surface area contributed by atoms with Crippen LogP contribution in [0, 0.1) is 0 Å². The van der Waals surface area contributed by atoms with Gasteiger partial charge in [-0.2, -0.15) is 0 Å². The number of hydrogen-bond donors (Lipinski definition) is 1. The van der Waals surface area contributed by atoms with E-state index in [2.05, 4.69) is 41.2 Å². The van der Waals surface area contributed by atoms with E-state index in [0.29, 0.717) is 72.5 Å². The van der Waals surface area contributed by atoms with E-state index in [1.165, 1.54) is 47.7 Å². The summed E-state index contributed by atoms with van der Waals surface area (Å²) in [6.45, 7) is 11.5. The van der Waals surface area contributed by atoms with Crippen molar-refractivity contribution in [3.63, 3.8) is 0 Å². The minimum atomic E-state index is -1.23. The summed E-state index contributed by atoms with van der Waals surface area (Å²) in [4.78, 5) is 60.9. The molecule has 2 fully saturated rings. The number of carbonyl (C=O) groups excluding carboxylic acids is 1. The lowest BCUT2D eigenvalue weighted by molar-refractivity contribution is -0.0124. The molecule has 4 aliphatic rings. The van der Waals surface area contributed by atoms with Gasteiger partial charge in [0.25, 0.3) is 5.91 Å². The van der Waals surface area contributed by atoms with Crippen LogP contribution in [0.2, 0.25) is 0 Å². The van der Waals surface area contributed by atoms with E-state index in [-0.39, 0.29) is 46.3 Å². The van der Waals surface area contributed by atoms with Crippen molar-refractivity contribution >= 4 is 33.7 Å². The molecule has 0 radical (unpaired) electrons. The molecule has 6 heterocycles. The van der Waals surface area contributed by atoms with Crippen molar-refractivity contribution in [2.75, 3.05) is 26.3 Å². The molecule has 10 rings (SSSR count). The van der Waals surface area contributed by atoms with Crippen LogP contribution in [0.25, 0.3) is 21.8 Å². The van der Waals surface area contributed by atoms with Crippen molar-refractivity contribution in [1.82, 2.24) is 24.0 Å². The molecule has 1 amide bonds. The highest BCUT2D eigenvalue weighted by atomic mass is 16.5. The maximum atomic E-state index is 13.4. The summed E-state index contributed by atoms with van der Waals surface area (Å²) in [6, 6.07) is 19.8. The quantitative estimate of drug-likeness (QED) is 0.182. The van der Waals surface area contributed by atoms with E-state index >= 15 is 0 Å². The van der Waals surface area contributed by atoms with Gasteiger partial charge in [0.05, 0.1) is 53.0 Å². The van der Waals surface area contributed by atoms with Crippen LogP contribution < -0.4 is 20.3 Å². The Balaban J connectivity index is 0.000000171. The minimum absolute atomic E-state index is 0. The van der Waals surface area contributed by atoms with Crippen LogP contribution in [0.3, 0.4) is 0 Å². The highest BCUT2D eigenvalue weighted by Gasteiger charge is 2.28. The molecule has 0 unspecified atom stereocenters. The molecule has 2 aromatic carbocycles. The molecule has 2 aliphatic carbocycles. The smallest absolute Gasteiger partial charge is 0.341 e. The zero-order valence-corrected chi connectivity index (χ0v) is 38.0. The number of aromatic nitrogens is 4. The molecule has 348 valence electrons. The monoisotopic (exact) mass is 901 g/mol. The molecule has 3 N–H and O–H groups in total. The molecule has 0 bridgehead atoms. The Bertz CT molecular complexity index is 2770. The van der Waals surface area contributed by atoms with Gasteiger partial charge in [-0.25, -0.2) is 14.8 Å². The van der Waals surface area contributed by atoms with Crippen LogP contribution >= 0.6 is 0 Å². The second-order valence-corrected chi connectivity index (χ2v) is 17.1. The van der Waals surface area contributed by atoms with Crippen LogP contribution in [0.15, 0.2) is 95.0 Å². The van der Waals surface area contributed by atoms with Crippen molar-refractivity contribution in [2.45, 2.75) is 110 Å². The normalized spacial score (nSPS) is 18.0. The summed E-state index contributed by atoms with van der Waals surface area (Å²) in [6.07, 6.45) is 13.8. The van der Waals surface area contributed by atoms with Gasteiger partial charge in [-0.3, -0.25) is 14.4 Å². The van der Waals surface area contributed by atoms with Gasteiger partial charge >= 0.3 is 5.97 Å². The van der Waals surface area contributed by atoms with Gasteiger partial charge in [0.2, 0.25) is 22.6 Å². The highest BCUT2D eigenvalue weighted by molar-refractivity contribution is 5.97. The number of rotatable bonds is 8. The molecule has 2 saturated heterocycles. The van der Waals surface area contributed by atoms with Gasteiger partial charge in [-0.1, -0.05) is 48.5 Å². The second kappa shape index (κ2) is 21.3. The first-order chi connectivity index (χ1) is 31.5. The third-order valence-electron chi connectivity index (χ3n) is 12.6. The molecule has 4 aromatic heterocycles. The maximum absolute atomic E-state index is 13.4. The number of ether oxygens (including phenoxy) is 4. The van der Waals surface area contributed by atoms with Crippen molar-refractivity contribution in [3.05, 3.63) is 139 Å². The molecule has 2 aliphatic heterocycles. The van der Waals surface area contributed by atoms with Gasteiger partial charge in [0.1, 0.15) is 23.3 Å². The van der Waals surface area contributed by atoms with Crippen LogP contribution in [0.1, 0.15) is 89.9 Å². The topological polar surface area (TPSA) is 196 Å². The first-order valence-electron chi connectivity index (χ1n) is 22.8. The van der Waals surface area contributed by atoms with Crippen LogP contribution in [0.4, 0.5) is 0 Å². The Morgan fingerprint density at radius 2 is 1.17 bits per heavy atom. The van der Waals surface area contributed by atoms with Gasteiger partial charge in [-0.05, 0) is 69.2 Å². The van der Waals surface area contributed by atoms with Crippen LogP contribution in [-0.2, 0) is 48.2 Å². The van der Waals surface area contributed by atoms with Crippen molar-refractivity contribution in [2.24, 2.45) is 0 Å². The molecule has 0 saturated carbocycles. The first kappa shape index (κ1) is 47.5. The number of pyridine rings is 4. The van der Waals surface area contributed by atoms with E-state index in [0.717, 1.165) is 32.3 Å². The lowest BCUT2D eigenvalue weighted by atomic mass is 10.1. The number of amides is 1. The van der Waals surface area contributed by atoms with E-state index in [9.17, 15) is 24.3 Å². The summed E-state index contributed by atoms with van der Waals surface area (Å²) in [5, 5.41) is 10.1. The fraction of sp³-hybridized carbons (Fsp3) is 0.412. The third-order valence-corrected chi connectivity index (χ3v) is 12.6. The largest absolute Gasteiger partial charge is 0.477 e. The number of aromatic carboxylic acids is 1. The molecule has 66 heavy (non-hydrogen) atoms. The fourth-order valence-electron chi connectivity index (χ4n) is 9.11. The van der Waals surface area contributed by atoms with Gasteiger partial charge in [0.15, 0.2) is 0 Å². The molecule has 6 aromatic rings. The number of aryl methyl sites for hydroxylation is 2. The number of benzene rings is 2. The number of hydrogen-bond acceptors (Lipinski definition) is 10. The van der Waals surface area contributed by atoms with Gasteiger partial charge in [-0.15, -0.1) is 0 Å². The molecule has 15 heteroatoms. The Hall–Kier alpha value is -6.42. The number of fused-ring (bicyclic) bond motifs is 4. The summed E-state index contributed by atoms with van der Waals surface area (Å²) < 4.78 is 26.6. The molecule has 0 spiro atoms. The number of nitrogens with zero attached hydrogens (tertiary/aromatic N) is 5. The predicted molar refractivity (Wildman–Crippen MR) is 251 cm³/mol. The zero-order valence-electron chi connectivity index (χ0n) is 38.0. The minimum Gasteiger partial charge on any atom is -0.477 e. The fourth-order valence-corrected chi connectivity index (χ4v) is 9.11. The van der Waals surface area contributed by atoms with E-state index in [1.807, 2.05) is 49.6 Å². The molecule has 2 atom stereocenters. The summed E-state index contributed by atoms with van der Waals surface area (Å²) in [5.74, 6) is -0.721. The van der Waals surface area contributed by atoms with Crippen molar-refractivity contribution < 1.29 is 39.1 Å². The second-order valence-electron chi connectivity index (χ2n) is 17.1. The maximum Gasteiger partial charge on any atom is 0.341 e. The lowest BCUT2D eigenvalue weighted by Gasteiger charge is -2.31.